The van der Waals surface area contributed by atoms with E-state index in [1.54, 1.807) is 46.7 Å². The van der Waals surface area contributed by atoms with Crippen LogP contribution in [0.1, 0.15) is 18.3 Å². The van der Waals surface area contributed by atoms with Crippen molar-refractivity contribution in [2.75, 3.05) is 31.7 Å². The molecule has 0 radical (unpaired) electrons. The molecule has 1 aliphatic heterocycles. The SMILES string of the molecule is [CH2-][NH2+]C1=N[n+]2cn(-c3cnccn3)nc2C1=Nc1ccc(N(CC)CCOC)cc1C. The molecule has 1 aromatic carbocycles. The molecule has 31 heavy (non-hydrogen) atoms. The summed E-state index contributed by atoms with van der Waals surface area (Å²) in [7, 11) is 5.60. The minimum Gasteiger partial charge on any atom is -0.425 e. The van der Waals surface area contributed by atoms with Crippen LogP contribution < -0.4 is 14.9 Å². The molecular weight excluding hydrogens is 394 g/mol. The quantitative estimate of drug-likeness (QED) is 0.440. The lowest BCUT2D eigenvalue weighted by Crippen LogP contribution is -2.83. The molecule has 3 aromatic rings. The van der Waals surface area contributed by atoms with E-state index in [0.29, 0.717) is 29.8 Å². The fourth-order valence-electron chi connectivity index (χ4n) is 3.36. The van der Waals surface area contributed by atoms with Crippen molar-refractivity contribution in [2.45, 2.75) is 13.8 Å². The molecule has 0 aliphatic carbocycles. The van der Waals surface area contributed by atoms with Crippen molar-refractivity contribution in [1.82, 2.24) is 19.7 Å². The van der Waals surface area contributed by atoms with Crippen LogP contribution in [-0.2, 0) is 4.74 Å². The number of likely N-dealkylation sites (N-methyl/N-ethyl adjacent to an activating group) is 1. The zero-order valence-electron chi connectivity index (χ0n) is 17.9. The topological polar surface area (TPSA) is 101 Å². The highest BCUT2D eigenvalue weighted by molar-refractivity contribution is 6.43. The molecule has 10 heteroatoms. The molecule has 1 aliphatic rings. The summed E-state index contributed by atoms with van der Waals surface area (Å²) in [6.07, 6.45) is 6.63. The van der Waals surface area contributed by atoms with Crippen molar-refractivity contribution < 1.29 is 14.7 Å². The Morgan fingerprint density at radius 2 is 2.19 bits per heavy atom. The van der Waals surface area contributed by atoms with Crippen LogP contribution in [0.4, 0.5) is 11.4 Å². The van der Waals surface area contributed by atoms with Crippen molar-refractivity contribution in [3.8, 4) is 5.82 Å². The standard InChI is InChI=1S/C21H26N9O/c1-5-28(10-11-31-4)16-6-7-17(15(2)12-16)25-19-20(22-3)26-30-14-29(27-21(19)30)18-13-23-8-9-24-18/h6-9,12-14H,3,5,10-11,22H2,1-2,4H3/q+1. The first-order valence-corrected chi connectivity index (χ1v) is 10.1. The van der Waals surface area contributed by atoms with E-state index in [2.05, 4.69) is 58.1 Å². The number of nitrogens with two attached hydrogens (primary N) is 1. The van der Waals surface area contributed by atoms with Gasteiger partial charge in [-0.1, -0.05) is 9.36 Å². The third-order valence-electron chi connectivity index (χ3n) is 5.01. The summed E-state index contributed by atoms with van der Waals surface area (Å²) in [4.78, 5) is 15.5. The average Bonchev–Trinajstić information content (AvgIpc) is 3.35. The van der Waals surface area contributed by atoms with Crippen LogP contribution in [0.5, 0.6) is 0 Å². The van der Waals surface area contributed by atoms with E-state index in [9.17, 15) is 0 Å². The fourth-order valence-corrected chi connectivity index (χ4v) is 3.36. The van der Waals surface area contributed by atoms with Gasteiger partial charge in [-0.05, 0) is 42.7 Å². The highest BCUT2D eigenvalue weighted by Gasteiger charge is 2.36. The van der Waals surface area contributed by atoms with Crippen molar-refractivity contribution in [3.05, 3.63) is 61.6 Å². The molecule has 3 heterocycles. The van der Waals surface area contributed by atoms with E-state index in [-0.39, 0.29) is 0 Å². The number of methoxy groups -OCH3 is 1. The molecule has 0 bridgehead atoms. The number of nitrogens with zero attached hydrogens (tertiary/aromatic N) is 8. The van der Waals surface area contributed by atoms with Crippen LogP contribution in [0.25, 0.3) is 5.82 Å². The largest absolute Gasteiger partial charge is 0.425 e. The van der Waals surface area contributed by atoms with Gasteiger partial charge in [-0.25, -0.2) is 9.98 Å². The van der Waals surface area contributed by atoms with Crippen LogP contribution in [0.15, 0.2) is 53.2 Å². The first kappa shape index (κ1) is 20.8. The Balaban J connectivity index is 1.67. The maximum Gasteiger partial charge on any atom is 0.359 e. The van der Waals surface area contributed by atoms with Crippen LogP contribution in [-0.4, -0.2) is 58.1 Å². The molecule has 10 nitrogen and oxygen atoms in total. The predicted molar refractivity (Wildman–Crippen MR) is 117 cm³/mol. The Labute approximate surface area is 180 Å². The Bertz CT molecular complexity index is 1120. The van der Waals surface area contributed by atoms with E-state index in [1.807, 2.05) is 6.07 Å². The highest BCUT2D eigenvalue weighted by atomic mass is 16.5. The Hall–Kier alpha value is -3.50. The number of aliphatic imine (C=N–C) groups is 1. The molecule has 160 valence electrons. The third-order valence-corrected chi connectivity index (χ3v) is 5.01. The lowest BCUT2D eigenvalue weighted by molar-refractivity contribution is -0.681. The van der Waals surface area contributed by atoms with Gasteiger partial charge in [0, 0.05) is 38.3 Å². The molecule has 0 fully saturated rings. The molecule has 0 unspecified atom stereocenters. The van der Waals surface area contributed by atoms with Crippen LogP contribution >= 0.6 is 0 Å². The molecule has 0 amide bonds. The van der Waals surface area contributed by atoms with Gasteiger partial charge in [-0.3, -0.25) is 4.98 Å². The van der Waals surface area contributed by atoms with Crippen molar-refractivity contribution >= 4 is 22.9 Å². The summed E-state index contributed by atoms with van der Waals surface area (Å²) in [6.45, 7) is 6.62. The van der Waals surface area contributed by atoms with Crippen molar-refractivity contribution in [1.29, 1.82) is 0 Å². The van der Waals surface area contributed by atoms with Gasteiger partial charge in [-0.2, -0.15) is 0 Å². The van der Waals surface area contributed by atoms with E-state index < -0.39 is 0 Å². The maximum atomic E-state index is 5.22. The monoisotopic (exact) mass is 420 g/mol. The number of hydrogen-bond donors (Lipinski definition) is 1. The number of benzene rings is 1. The van der Waals surface area contributed by atoms with Gasteiger partial charge in [0.25, 0.3) is 12.2 Å². The van der Waals surface area contributed by atoms with Gasteiger partial charge < -0.3 is 15.0 Å². The second-order valence-electron chi connectivity index (χ2n) is 6.98. The van der Waals surface area contributed by atoms with Gasteiger partial charge in [0.2, 0.25) is 11.5 Å². The Kier molecular flexibility index (Phi) is 6.10. The van der Waals surface area contributed by atoms with Gasteiger partial charge in [-0.15, -0.1) is 7.05 Å². The fraction of sp³-hybridized carbons (Fsp3) is 0.286. The third kappa shape index (κ3) is 4.21. The van der Waals surface area contributed by atoms with E-state index in [0.717, 1.165) is 30.0 Å². The molecule has 0 saturated carbocycles. The molecule has 2 N–H and O–H groups in total. The number of amidine groups is 1. The summed E-state index contributed by atoms with van der Waals surface area (Å²) in [5.74, 6) is 1.90. The van der Waals surface area contributed by atoms with Crippen molar-refractivity contribution in [3.63, 3.8) is 0 Å². The highest BCUT2D eigenvalue weighted by Crippen LogP contribution is 2.25. The Morgan fingerprint density at radius 1 is 1.32 bits per heavy atom. The normalized spacial score (nSPS) is 14.1. The first-order chi connectivity index (χ1) is 15.1. The number of anilines is 1. The van der Waals surface area contributed by atoms with E-state index >= 15 is 0 Å². The lowest BCUT2D eigenvalue weighted by Gasteiger charge is -2.23. The second-order valence-corrected chi connectivity index (χ2v) is 6.98. The maximum absolute atomic E-state index is 5.22. The predicted octanol–water partition coefficient (Wildman–Crippen LogP) is 0.382. The number of fused-ring (bicyclic) bond motifs is 1. The minimum absolute atomic E-state index is 0.607. The van der Waals surface area contributed by atoms with Gasteiger partial charge in [0.05, 0.1) is 23.6 Å². The van der Waals surface area contributed by atoms with E-state index in [4.69, 9.17) is 9.73 Å². The summed E-state index contributed by atoms with van der Waals surface area (Å²) in [6, 6.07) is 6.25. The lowest BCUT2D eigenvalue weighted by atomic mass is 10.1. The number of aryl methyl sites for hydroxylation is 1. The minimum atomic E-state index is 0.607. The average molecular weight is 421 g/mol. The van der Waals surface area contributed by atoms with Gasteiger partial charge >= 0.3 is 5.82 Å². The summed E-state index contributed by atoms with van der Waals surface area (Å²) in [5.41, 5.74) is 3.74. The van der Waals surface area contributed by atoms with Crippen LogP contribution in [0.2, 0.25) is 0 Å². The number of quaternary nitrogens is 1. The van der Waals surface area contributed by atoms with Crippen molar-refractivity contribution in [2.24, 2.45) is 10.1 Å². The number of ether oxygens (including phenoxy) is 1. The summed E-state index contributed by atoms with van der Waals surface area (Å²) >= 11 is 0. The van der Waals surface area contributed by atoms with Crippen LogP contribution in [0, 0.1) is 14.0 Å². The van der Waals surface area contributed by atoms with Gasteiger partial charge in [0.15, 0.2) is 0 Å². The second kappa shape index (κ2) is 9.11. The summed E-state index contributed by atoms with van der Waals surface area (Å²) < 4.78 is 8.53. The molecule has 2 aromatic heterocycles. The van der Waals surface area contributed by atoms with Crippen LogP contribution in [0.3, 0.4) is 0 Å². The molecule has 4 rings (SSSR count). The number of hydrogen-bond acceptors (Lipinski definition) is 7. The molecule has 0 atom stereocenters. The molecular formula is C21H26N9O+. The number of aromatic nitrogens is 5. The Morgan fingerprint density at radius 3 is 2.87 bits per heavy atom. The molecule has 0 spiro atoms. The first-order valence-electron chi connectivity index (χ1n) is 10.1. The summed E-state index contributed by atoms with van der Waals surface area (Å²) in [5, 5.41) is 10.9. The van der Waals surface area contributed by atoms with Gasteiger partial charge in [0.1, 0.15) is 0 Å². The number of rotatable bonds is 7. The zero-order valence-corrected chi connectivity index (χ0v) is 17.9. The molecule has 0 saturated heterocycles. The van der Waals surface area contributed by atoms with E-state index in [1.165, 1.54) is 0 Å². The smallest absolute Gasteiger partial charge is 0.359 e. The zero-order chi connectivity index (χ0) is 21.8.